The number of nitrogens with zero attached hydrogens (tertiary/aromatic N) is 5. The zero-order valence-electron chi connectivity index (χ0n) is 18.3. The molecule has 3 aromatic heterocycles. The molecule has 0 saturated carbocycles. The highest BCUT2D eigenvalue weighted by Crippen LogP contribution is 2.33. The molecular formula is C24H26N6O2. The molecule has 1 aromatic carbocycles. The summed E-state index contributed by atoms with van der Waals surface area (Å²) in [7, 11) is 1.90. The topological polar surface area (TPSA) is 89.1 Å². The average molecular weight is 431 g/mol. The highest BCUT2D eigenvalue weighted by molar-refractivity contribution is 6.06. The number of benzene rings is 1. The molecule has 1 amide bonds. The number of pyridine rings is 1. The van der Waals surface area contributed by atoms with Crippen molar-refractivity contribution >= 4 is 28.2 Å². The van der Waals surface area contributed by atoms with E-state index in [1.807, 2.05) is 38.4 Å². The van der Waals surface area contributed by atoms with Crippen molar-refractivity contribution in [2.45, 2.75) is 32.6 Å². The molecule has 1 N–H and O–H groups in total. The number of hydrogen-bond donors (Lipinski definition) is 1. The van der Waals surface area contributed by atoms with Crippen molar-refractivity contribution in [1.29, 1.82) is 0 Å². The quantitative estimate of drug-likeness (QED) is 0.510. The molecule has 164 valence electrons. The first kappa shape index (κ1) is 20.2. The smallest absolute Gasteiger partial charge is 0.277 e. The Bertz CT molecular complexity index is 1270. The maximum atomic E-state index is 13.1. The monoisotopic (exact) mass is 430 g/mol. The van der Waals surface area contributed by atoms with Gasteiger partial charge in [-0.05, 0) is 44.0 Å². The van der Waals surface area contributed by atoms with Gasteiger partial charge < -0.3 is 14.6 Å². The number of aromatic nitrogens is 4. The molecule has 0 bridgehead atoms. The Labute approximate surface area is 186 Å². The summed E-state index contributed by atoms with van der Waals surface area (Å²) in [5, 5.41) is 8.61. The zero-order valence-corrected chi connectivity index (χ0v) is 18.3. The third-order valence-electron chi connectivity index (χ3n) is 5.81. The number of nitrogens with one attached hydrogen (secondary N) is 1. The van der Waals surface area contributed by atoms with Crippen molar-refractivity contribution in [3.05, 3.63) is 54.3 Å². The largest absolute Gasteiger partial charge is 0.444 e. The Balaban J connectivity index is 1.46. The number of hydrogen-bond acceptors (Lipinski definition) is 6. The third kappa shape index (κ3) is 4.08. The highest BCUT2D eigenvalue weighted by atomic mass is 16.3. The number of amides is 1. The maximum absolute atomic E-state index is 13.1. The van der Waals surface area contributed by atoms with Gasteiger partial charge >= 0.3 is 0 Å². The van der Waals surface area contributed by atoms with Gasteiger partial charge in [0.2, 0.25) is 5.89 Å². The summed E-state index contributed by atoms with van der Waals surface area (Å²) in [5.74, 6) is 0.0983. The lowest BCUT2D eigenvalue weighted by Crippen LogP contribution is -2.25. The van der Waals surface area contributed by atoms with Crippen molar-refractivity contribution in [1.82, 2.24) is 19.7 Å². The molecule has 0 radical (unpaired) electrons. The first-order valence-corrected chi connectivity index (χ1v) is 11.0. The van der Waals surface area contributed by atoms with Crippen LogP contribution < -0.4 is 10.2 Å². The van der Waals surface area contributed by atoms with Crippen LogP contribution in [0.3, 0.4) is 0 Å². The van der Waals surface area contributed by atoms with Crippen LogP contribution in [0.1, 0.15) is 41.9 Å². The Hall–Kier alpha value is -3.68. The number of fused-ring (bicyclic) bond motifs is 1. The molecule has 0 aliphatic carbocycles. The van der Waals surface area contributed by atoms with E-state index in [0.29, 0.717) is 5.89 Å². The molecule has 4 aromatic rings. The lowest BCUT2D eigenvalue weighted by atomic mass is 10.1. The summed E-state index contributed by atoms with van der Waals surface area (Å²) >= 11 is 0. The van der Waals surface area contributed by atoms with Crippen molar-refractivity contribution in [3.8, 4) is 11.5 Å². The van der Waals surface area contributed by atoms with Crippen molar-refractivity contribution in [2.75, 3.05) is 23.3 Å². The minimum atomic E-state index is -0.301. The van der Waals surface area contributed by atoms with Gasteiger partial charge in [0.1, 0.15) is 6.26 Å². The first-order chi connectivity index (χ1) is 15.6. The molecule has 1 aliphatic rings. The van der Waals surface area contributed by atoms with E-state index >= 15 is 0 Å². The predicted octanol–water partition coefficient (Wildman–Crippen LogP) is 4.56. The average Bonchev–Trinajstić information content (AvgIpc) is 3.31. The maximum Gasteiger partial charge on any atom is 0.277 e. The summed E-state index contributed by atoms with van der Waals surface area (Å²) in [4.78, 5) is 24.0. The summed E-state index contributed by atoms with van der Waals surface area (Å²) in [6.45, 7) is 3.84. The van der Waals surface area contributed by atoms with Gasteiger partial charge in [-0.1, -0.05) is 12.8 Å². The van der Waals surface area contributed by atoms with E-state index in [4.69, 9.17) is 4.42 Å². The van der Waals surface area contributed by atoms with Crippen LogP contribution in [0.15, 0.2) is 47.3 Å². The van der Waals surface area contributed by atoms with Gasteiger partial charge in [0.05, 0.1) is 16.9 Å². The molecule has 0 spiro atoms. The minimum absolute atomic E-state index is 0.238. The van der Waals surface area contributed by atoms with E-state index in [1.54, 1.807) is 10.9 Å². The number of aryl methyl sites for hydroxylation is 2. The van der Waals surface area contributed by atoms with E-state index < -0.39 is 0 Å². The Morgan fingerprint density at radius 2 is 1.94 bits per heavy atom. The van der Waals surface area contributed by atoms with E-state index in [1.165, 1.54) is 19.1 Å². The van der Waals surface area contributed by atoms with E-state index in [0.717, 1.165) is 59.5 Å². The fraction of sp³-hybridized carbons (Fsp3) is 0.333. The van der Waals surface area contributed by atoms with Crippen LogP contribution >= 0.6 is 0 Å². The molecule has 5 rings (SSSR count). The van der Waals surface area contributed by atoms with Crippen LogP contribution in [0, 0.1) is 6.92 Å². The number of oxazole rings is 1. The predicted molar refractivity (Wildman–Crippen MR) is 124 cm³/mol. The van der Waals surface area contributed by atoms with E-state index in [9.17, 15) is 4.79 Å². The second-order valence-corrected chi connectivity index (χ2v) is 8.31. The van der Waals surface area contributed by atoms with E-state index in [-0.39, 0.29) is 11.6 Å². The van der Waals surface area contributed by atoms with Crippen molar-refractivity contribution < 1.29 is 9.21 Å². The lowest BCUT2D eigenvalue weighted by molar-refractivity contribution is 0.102. The van der Waals surface area contributed by atoms with Gasteiger partial charge in [-0.25, -0.2) is 4.98 Å². The van der Waals surface area contributed by atoms with Gasteiger partial charge in [0.25, 0.3) is 5.91 Å². The number of carbonyl (C=O) groups excluding carboxylic acids is 1. The Morgan fingerprint density at radius 3 is 2.72 bits per heavy atom. The van der Waals surface area contributed by atoms with Crippen LogP contribution in [-0.2, 0) is 7.05 Å². The molecule has 1 aliphatic heterocycles. The highest BCUT2D eigenvalue weighted by Gasteiger charge is 2.20. The van der Waals surface area contributed by atoms with Gasteiger partial charge in [-0.3, -0.25) is 14.5 Å². The molecule has 1 saturated heterocycles. The Morgan fingerprint density at radius 1 is 1.12 bits per heavy atom. The van der Waals surface area contributed by atoms with Gasteiger partial charge in [-0.15, -0.1) is 0 Å². The van der Waals surface area contributed by atoms with Crippen LogP contribution in [0.25, 0.3) is 22.4 Å². The van der Waals surface area contributed by atoms with E-state index in [2.05, 4.69) is 31.3 Å². The summed E-state index contributed by atoms with van der Waals surface area (Å²) in [6, 6.07) is 7.76. The fourth-order valence-corrected chi connectivity index (χ4v) is 4.23. The van der Waals surface area contributed by atoms with Crippen LogP contribution in [0.2, 0.25) is 0 Å². The van der Waals surface area contributed by atoms with Crippen LogP contribution in [-0.4, -0.2) is 38.7 Å². The number of rotatable bonds is 4. The number of anilines is 2. The Kier molecular flexibility index (Phi) is 5.34. The normalized spacial score (nSPS) is 14.5. The lowest BCUT2D eigenvalue weighted by Gasteiger charge is -2.25. The molecule has 1 fully saturated rings. The van der Waals surface area contributed by atoms with Crippen molar-refractivity contribution in [2.24, 2.45) is 7.05 Å². The molecule has 8 nitrogen and oxygen atoms in total. The molecule has 0 unspecified atom stereocenters. The SMILES string of the molecule is Cc1cc(-c2nc(C(=O)Nc3cc4cn(C)nc4cc3N3CCCCCC3)co2)ccn1. The first-order valence-electron chi connectivity index (χ1n) is 11.0. The van der Waals surface area contributed by atoms with Crippen LogP contribution in [0.5, 0.6) is 0 Å². The van der Waals surface area contributed by atoms with Gasteiger partial charge in [-0.2, -0.15) is 5.10 Å². The second-order valence-electron chi connectivity index (χ2n) is 8.31. The second kappa shape index (κ2) is 8.45. The zero-order chi connectivity index (χ0) is 22.1. The minimum Gasteiger partial charge on any atom is -0.444 e. The van der Waals surface area contributed by atoms with Gasteiger partial charge in [0, 0.05) is 49.2 Å². The standard InChI is InChI=1S/C24H26N6O2/c1-16-11-17(7-8-25-16)24-27-21(15-32-24)23(31)26-20-12-18-14-29(2)28-19(18)13-22(20)30-9-5-3-4-6-10-30/h7-8,11-15H,3-6,9-10H2,1-2H3,(H,26,31). The van der Waals surface area contributed by atoms with Crippen molar-refractivity contribution in [3.63, 3.8) is 0 Å². The molecule has 4 heterocycles. The third-order valence-corrected chi connectivity index (χ3v) is 5.81. The molecular weight excluding hydrogens is 404 g/mol. The summed E-state index contributed by atoms with van der Waals surface area (Å²) < 4.78 is 7.37. The van der Waals surface area contributed by atoms with Crippen LogP contribution in [0.4, 0.5) is 11.4 Å². The van der Waals surface area contributed by atoms with Gasteiger partial charge in [0.15, 0.2) is 5.69 Å². The number of carbonyl (C=O) groups is 1. The summed E-state index contributed by atoms with van der Waals surface area (Å²) in [5.41, 5.74) is 4.57. The molecule has 0 atom stereocenters. The summed E-state index contributed by atoms with van der Waals surface area (Å²) in [6.07, 6.45) is 9.81. The molecule has 32 heavy (non-hydrogen) atoms. The molecule has 8 heteroatoms. The fourth-order valence-electron chi connectivity index (χ4n) is 4.23.